The second kappa shape index (κ2) is 6.24. The van der Waals surface area contributed by atoms with E-state index >= 15 is 0 Å². The molecule has 0 radical (unpaired) electrons. The van der Waals surface area contributed by atoms with Gasteiger partial charge in [-0.3, -0.25) is 9.98 Å². The Balaban J connectivity index is 1.73. The molecule has 25 heavy (non-hydrogen) atoms. The number of fused-ring (bicyclic) bond motifs is 1. The van der Waals surface area contributed by atoms with Gasteiger partial charge in [0, 0.05) is 35.1 Å². The van der Waals surface area contributed by atoms with Crippen LogP contribution < -0.4 is 0 Å². The predicted octanol–water partition coefficient (Wildman–Crippen LogP) is 4.65. The van der Waals surface area contributed by atoms with Crippen molar-refractivity contribution in [3.63, 3.8) is 0 Å². The average Bonchev–Trinajstić information content (AvgIpc) is 3.03. The molecule has 1 N–H and O–H groups in total. The van der Waals surface area contributed by atoms with Crippen molar-refractivity contribution in [2.45, 2.75) is 0 Å². The van der Waals surface area contributed by atoms with Crippen molar-refractivity contribution in [1.29, 1.82) is 0 Å². The van der Waals surface area contributed by atoms with Crippen molar-refractivity contribution in [3.05, 3.63) is 78.4 Å². The zero-order valence-corrected chi connectivity index (χ0v) is 12.9. The number of pyridine rings is 2. The molecule has 3 heterocycles. The van der Waals surface area contributed by atoms with Crippen LogP contribution >= 0.6 is 0 Å². The van der Waals surface area contributed by atoms with Crippen molar-refractivity contribution in [1.82, 2.24) is 15.0 Å². The van der Waals surface area contributed by atoms with Crippen molar-refractivity contribution < 1.29 is 8.78 Å². The molecule has 0 amide bonds. The maximum absolute atomic E-state index is 13.4. The number of rotatable bonds is 3. The number of H-pyrrole nitrogens is 1. The van der Waals surface area contributed by atoms with E-state index < -0.39 is 5.82 Å². The van der Waals surface area contributed by atoms with Gasteiger partial charge in [-0.1, -0.05) is 12.1 Å². The van der Waals surface area contributed by atoms with E-state index in [9.17, 15) is 8.78 Å². The summed E-state index contributed by atoms with van der Waals surface area (Å²) in [5.74, 6) is -0.718. The van der Waals surface area contributed by atoms with Gasteiger partial charge >= 0.3 is 0 Å². The number of halogens is 2. The van der Waals surface area contributed by atoms with E-state index in [1.54, 1.807) is 36.9 Å². The van der Waals surface area contributed by atoms with E-state index in [-0.39, 0.29) is 5.82 Å². The normalized spacial score (nSPS) is 11.4. The van der Waals surface area contributed by atoms with E-state index in [1.165, 1.54) is 18.2 Å². The summed E-state index contributed by atoms with van der Waals surface area (Å²) in [6, 6.07) is 9.42. The Morgan fingerprint density at radius 3 is 2.76 bits per heavy atom. The van der Waals surface area contributed by atoms with Gasteiger partial charge in [-0.25, -0.2) is 13.8 Å². The van der Waals surface area contributed by atoms with Gasteiger partial charge in [-0.15, -0.1) is 0 Å². The average molecular weight is 334 g/mol. The summed E-state index contributed by atoms with van der Waals surface area (Å²) >= 11 is 0. The molecule has 1 aromatic carbocycles. The first-order valence-corrected chi connectivity index (χ1v) is 7.57. The summed E-state index contributed by atoms with van der Waals surface area (Å²) < 4.78 is 26.7. The molecule has 0 saturated carbocycles. The third-order valence-electron chi connectivity index (χ3n) is 3.74. The highest BCUT2D eigenvalue weighted by Gasteiger charge is 2.09. The van der Waals surface area contributed by atoms with Crippen LogP contribution in [0.1, 0.15) is 5.56 Å². The van der Waals surface area contributed by atoms with E-state index in [2.05, 4.69) is 19.9 Å². The summed E-state index contributed by atoms with van der Waals surface area (Å²) in [4.78, 5) is 15.6. The topological polar surface area (TPSA) is 53.9 Å². The zero-order valence-electron chi connectivity index (χ0n) is 12.9. The number of aromatic nitrogens is 3. The molecule has 0 fully saturated rings. The summed E-state index contributed by atoms with van der Waals surface area (Å²) in [5.41, 5.74) is 3.38. The Morgan fingerprint density at radius 2 is 1.92 bits per heavy atom. The number of nitrogens with one attached hydrogen (secondary N) is 1. The van der Waals surface area contributed by atoms with Crippen LogP contribution in [0.15, 0.2) is 66.2 Å². The van der Waals surface area contributed by atoms with Crippen molar-refractivity contribution in [2.24, 2.45) is 4.99 Å². The lowest BCUT2D eigenvalue weighted by atomic mass is 10.1. The van der Waals surface area contributed by atoms with Gasteiger partial charge in [-0.2, -0.15) is 0 Å². The molecular weight excluding hydrogens is 322 g/mol. The minimum absolute atomic E-state index is 0.316. The first kappa shape index (κ1) is 15.1. The lowest BCUT2D eigenvalue weighted by molar-refractivity contribution is 0.622. The van der Waals surface area contributed by atoms with Crippen LogP contribution in [0.2, 0.25) is 0 Å². The number of hydrogen-bond donors (Lipinski definition) is 1. The molecule has 0 bridgehead atoms. The van der Waals surface area contributed by atoms with Gasteiger partial charge in [0.25, 0.3) is 0 Å². The lowest BCUT2D eigenvalue weighted by Crippen LogP contribution is -1.84. The second-order valence-electron chi connectivity index (χ2n) is 5.50. The molecular formula is C19H12F2N4. The highest BCUT2D eigenvalue weighted by atomic mass is 19.1. The number of hydrogen-bond acceptors (Lipinski definition) is 3. The van der Waals surface area contributed by atoms with E-state index in [0.29, 0.717) is 22.5 Å². The van der Waals surface area contributed by atoms with Gasteiger partial charge in [0.15, 0.2) is 0 Å². The van der Waals surface area contributed by atoms with Crippen LogP contribution in [0.4, 0.5) is 14.5 Å². The second-order valence-corrected chi connectivity index (χ2v) is 5.50. The highest BCUT2D eigenvalue weighted by molar-refractivity contribution is 5.95. The fraction of sp³-hybridized carbons (Fsp3) is 0. The molecule has 0 aliphatic carbocycles. The standard InChI is InChI=1S/C19H12F2N4/c20-14-3-1-2-12(4-14)7-23-16-6-17-18(11-25-19(17)24-10-16)13-5-15(21)9-22-8-13/h1-11H,(H,24,25). The Morgan fingerprint density at radius 1 is 1.00 bits per heavy atom. The summed E-state index contributed by atoms with van der Waals surface area (Å²) in [6.07, 6.45) is 7.69. The minimum atomic E-state index is -0.403. The number of aliphatic imine (C=N–C) groups is 1. The van der Waals surface area contributed by atoms with Crippen LogP contribution in [0.25, 0.3) is 22.2 Å². The first-order valence-electron chi connectivity index (χ1n) is 7.57. The number of benzene rings is 1. The fourth-order valence-electron chi connectivity index (χ4n) is 2.60. The molecule has 4 aromatic rings. The molecule has 0 aliphatic rings. The molecule has 122 valence electrons. The molecule has 0 spiro atoms. The quantitative estimate of drug-likeness (QED) is 0.554. The summed E-state index contributed by atoms with van der Waals surface area (Å²) in [5, 5.41) is 0.807. The maximum atomic E-state index is 13.4. The van der Waals surface area contributed by atoms with Gasteiger partial charge in [0.2, 0.25) is 0 Å². The van der Waals surface area contributed by atoms with Crippen LogP contribution in [-0.4, -0.2) is 21.2 Å². The third-order valence-corrected chi connectivity index (χ3v) is 3.74. The third kappa shape index (κ3) is 3.14. The number of aromatic amines is 1. The van der Waals surface area contributed by atoms with E-state index in [0.717, 1.165) is 17.1 Å². The Labute approximate surface area is 141 Å². The molecule has 4 nitrogen and oxygen atoms in total. The SMILES string of the molecule is Fc1cccc(C=Nc2cnc3[nH]cc(-c4cncc(F)c4)c3c2)c1. The summed E-state index contributed by atoms with van der Waals surface area (Å²) in [6.45, 7) is 0. The van der Waals surface area contributed by atoms with Crippen LogP contribution in [0, 0.1) is 11.6 Å². The first-order chi connectivity index (χ1) is 12.2. The van der Waals surface area contributed by atoms with Gasteiger partial charge in [0.05, 0.1) is 18.1 Å². The molecule has 0 saturated heterocycles. The fourth-order valence-corrected chi connectivity index (χ4v) is 2.60. The van der Waals surface area contributed by atoms with Gasteiger partial charge in [-0.05, 0) is 29.8 Å². The maximum Gasteiger partial charge on any atom is 0.142 e. The monoisotopic (exact) mass is 334 g/mol. The molecule has 0 aliphatic heterocycles. The predicted molar refractivity (Wildman–Crippen MR) is 92.9 cm³/mol. The minimum Gasteiger partial charge on any atom is -0.346 e. The Bertz CT molecular complexity index is 1090. The number of nitrogens with zero attached hydrogens (tertiary/aromatic N) is 3. The zero-order chi connectivity index (χ0) is 17.2. The lowest BCUT2D eigenvalue weighted by Gasteiger charge is -2.00. The van der Waals surface area contributed by atoms with Gasteiger partial charge < -0.3 is 4.98 Å². The largest absolute Gasteiger partial charge is 0.346 e. The molecule has 6 heteroatoms. The van der Waals surface area contributed by atoms with Crippen LogP contribution in [-0.2, 0) is 0 Å². The van der Waals surface area contributed by atoms with Gasteiger partial charge in [0.1, 0.15) is 17.3 Å². The van der Waals surface area contributed by atoms with Crippen molar-refractivity contribution >= 4 is 22.9 Å². The van der Waals surface area contributed by atoms with Crippen LogP contribution in [0.3, 0.4) is 0 Å². The smallest absolute Gasteiger partial charge is 0.142 e. The highest BCUT2D eigenvalue weighted by Crippen LogP contribution is 2.29. The van der Waals surface area contributed by atoms with E-state index in [1.807, 2.05) is 6.07 Å². The van der Waals surface area contributed by atoms with Crippen molar-refractivity contribution in [2.75, 3.05) is 0 Å². The molecule has 0 unspecified atom stereocenters. The Hall–Kier alpha value is -3.41. The van der Waals surface area contributed by atoms with Crippen LogP contribution in [0.5, 0.6) is 0 Å². The summed E-state index contributed by atoms with van der Waals surface area (Å²) in [7, 11) is 0. The molecule has 0 atom stereocenters. The van der Waals surface area contributed by atoms with Crippen molar-refractivity contribution in [3.8, 4) is 11.1 Å². The molecule has 3 aromatic heterocycles. The Kier molecular flexibility index (Phi) is 3.78. The van der Waals surface area contributed by atoms with E-state index in [4.69, 9.17) is 0 Å². The molecule has 4 rings (SSSR count).